The molecule has 0 atom stereocenters. The molecule has 28 heavy (non-hydrogen) atoms. The normalized spacial score (nSPS) is 17.7. The highest BCUT2D eigenvalue weighted by molar-refractivity contribution is 6.32. The number of nitrogens with one attached hydrogen (secondary N) is 2. The average Bonchev–Trinajstić information content (AvgIpc) is 3.10. The van der Waals surface area contributed by atoms with Crippen molar-refractivity contribution in [3.63, 3.8) is 0 Å². The molecule has 0 aromatic heterocycles. The van der Waals surface area contributed by atoms with Crippen LogP contribution in [0.3, 0.4) is 0 Å². The number of amides is 1. The van der Waals surface area contributed by atoms with Crippen molar-refractivity contribution < 1.29 is 9.90 Å². The number of rotatable bonds is 5. The number of fused-ring (bicyclic) bond motifs is 1. The van der Waals surface area contributed by atoms with Crippen molar-refractivity contribution in [2.45, 2.75) is 51.5 Å². The molecule has 1 aromatic carbocycles. The fourth-order valence-corrected chi connectivity index (χ4v) is 3.39. The number of aromatic hydroxyl groups is 1. The van der Waals surface area contributed by atoms with Gasteiger partial charge in [-0.25, -0.2) is 5.43 Å². The van der Waals surface area contributed by atoms with Crippen LogP contribution in [0.25, 0.3) is 0 Å². The molecule has 0 spiro atoms. The highest BCUT2D eigenvalue weighted by Crippen LogP contribution is 2.24. The van der Waals surface area contributed by atoms with Crippen molar-refractivity contribution >= 4 is 17.5 Å². The molecular weight excluding hydrogens is 374 g/mol. The summed E-state index contributed by atoms with van der Waals surface area (Å²) in [6, 6.07) is 5.79. The van der Waals surface area contributed by atoms with E-state index in [9.17, 15) is 4.79 Å². The van der Waals surface area contributed by atoms with Crippen LogP contribution in [0.15, 0.2) is 53.9 Å². The van der Waals surface area contributed by atoms with E-state index in [1.54, 1.807) is 6.07 Å². The highest BCUT2D eigenvalue weighted by atomic mass is 35.5. The minimum Gasteiger partial charge on any atom is -0.506 e. The fourth-order valence-electron chi connectivity index (χ4n) is 3.19. The number of allylic oxidation sites excluding steroid dienone is 3. The Morgan fingerprint density at radius 3 is 2.86 bits per heavy atom. The molecule has 2 aliphatic heterocycles. The van der Waals surface area contributed by atoms with Crippen LogP contribution in [0.2, 0.25) is 5.02 Å². The molecule has 2 heterocycles. The lowest BCUT2D eigenvalue weighted by atomic mass is 9.93. The van der Waals surface area contributed by atoms with E-state index in [4.69, 9.17) is 16.7 Å². The van der Waals surface area contributed by atoms with E-state index in [0.717, 1.165) is 30.5 Å². The summed E-state index contributed by atoms with van der Waals surface area (Å²) in [4.78, 5) is 12.0. The number of unbranched alkanes of at least 4 members (excludes halogenated alkanes) is 1. The van der Waals surface area contributed by atoms with Crippen LogP contribution >= 0.6 is 11.6 Å². The van der Waals surface area contributed by atoms with E-state index < -0.39 is 0 Å². The molecule has 0 saturated heterocycles. The number of hydrazine groups is 1. The van der Waals surface area contributed by atoms with E-state index in [1.165, 1.54) is 24.8 Å². The van der Waals surface area contributed by atoms with E-state index in [2.05, 4.69) is 17.7 Å². The Balaban J connectivity index is 0.000000169. The number of carbonyl (C=O) groups excluding carboxylic acids is 1. The molecule has 1 amide bonds. The quantitative estimate of drug-likeness (QED) is 0.691. The number of halogens is 1. The van der Waals surface area contributed by atoms with Gasteiger partial charge in [-0.3, -0.25) is 9.80 Å². The first-order valence-electron chi connectivity index (χ1n) is 9.97. The summed E-state index contributed by atoms with van der Waals surface area (Å²) in [5.74, 6) is 0.242. The number of carbonyl (C=O) groups is 1. The van der Waals surface area contributed by atoms with Gasteiger partial charge < -0.3 is 10.4 Å². The molecule has 1 fully saturated rings. The third kappa shape index (κ3) is 5.18. The first-order valence-corrected chi connectivity index (χ1v) is 10.3. The Kier molecular flexibility index (Phi) is 7.18. The van der Waals surface area contributed by atoms with Gasteiger partial charge in [0, 0.05) is 18.8 Å². The molecule has 1 saturated carbocycles. The van der Waals surface area contributed by atoms with Crippen molar-refractivity contribution in [1.29, 1.82) is 0 Å². The predicted molar refractivity (Wildman–Crippen MR) is 113 cm³/mol. The number of benzene rings is 1. The SMILES string of the molecule is CCCCc1ccc(O)c(Cl)c1.O=C(NC1CCC1)C1=C2C=CC=CN2NC1. The van der Waals surface area contributed by atoms with Crippen LogP contribution in [0.5, 0.6) is 5.75 Å². The monoisotopic (exact) mass is 401 g/mol. The molecule has 0 radical (unpaired) electrons. The smallest absolute Gasteiger partial charge is 0.250 e. The lowest BCUT2D eigenvalue weighted by Gasteiger charge is -2.26. The second kappa shape index (κ2) is 9.80. The lowest BCUT2D eigenvalue weighted by molar-refractivity contribution is -0.118. The van der Waals surface area contributed by atoms with Crippen molar-refractivity contribution in [3.05, 3.63) is 64.5 Å². The largest absolute Gasteiger partial charge is 0.506 e. The van der Waals surface area contributed by atoms with Gasteiger partial charge in [-0.15, -0.1) is 0 Å². The average molecular weight is 402 g/mol. The number of hydrogen-bond acceptors (Lipinski definition) is 4. The van der Waals surface area contributed by atoms with Gasteiger partial charge in [-0.2, -0.15) is 0 Å². The minimum absolute atomic E-state index is 0.0784. The lowest BCUT2D eigenvalue weighted by Crippen LogP contribution is -2.40. The molecule has 4 rings (SSSR count). The Labute approximate surface area is 171 Å². The molecule has 0 unspecified atom stereocenters. The molecule has 0 bridgehead atoms. The number of phenolic OH excluding ortho intramolecular Hbond substituents is 1. The molecule has 3 aliphatic rings. The van der Waals surface area contributed by atoms with Crippen LogP contribution in [-0.2, 0) is 11.2 Å². The van der Waals surface area contributed by atoms with Crippen molar-refractivity contribution in [3.8, 4) is 5.75 Å². The fraction of sp³-hybridized carbons (Fsp3) is 0.409. The summed E-state index contributed by atoms with van der Waals surface area (Å²) >= 11 is 5.74. The molecule has 3 N–H and O–H groups in total. The Bertz CT molecular complexity index is 797. The Morgan fingerprint density at radius 1 is 1.36 bits per heavy atom. The van der Waals surface area contributed by atoms with Crippen molar-refractivity contribution in [1.82, 2.24) is 15.8 Å². The number of aryl methyl sites for hydroxylation is 1. The maximum absolute atomic E-state index is 12.0. The number of hydrogen-bond donors (Lipinski definition) is 3. The molecule has 5 nitrogen and oxygen atoms in total. The van der Waals surface area contributed by atoms with Gasteiger partial charge in [0.05, 0.1) is 16.3 Å². The molecule has 1 aliphatic carbocycles. The summed E-state index contributed by atoms with van der Waals surface area (Å²) in [7, 11) is 0. The summed E-state index contributed by atoms with van der Waals surface area (Å²) < 4.78 is 0. The Hall–Kier alpha value is -2.24. The van der Waals surface area contributed by atoms with Crippen LogP contribution in [0, 0.1) is 0 Å². The molecule has 6 heteroatoms. The Morgan fingerprint density at radius 2 is 2.18 bits per heavy atom. The summed E-state index contributed by atoms with van der Waals surface area (Å²) in [6.45, 7) is 2.77. The molecule has 1 aromatic rings. The van der Waals surface area contributed by atoms with E-state index in [1.807, 2.05) is 41.6 Å². The van der Waals surface area contributed by atoms with Gasteiger partial charge in [0.2, 0.25) is 0 Å². The number of nitrogens with zero attached hydrogens (tertiary/aromatic N) is 1. The van der Waals surface area contributed by atoms with Gasteiger partial charge >= 0.3 is 0 Å². The third-order valence-electron chi connectivity index (χ3n) is 5.14. The van der Waals surface area contributed by atoms with E-state index >= 15 is 0 Å². The van der Waals surface area contributed by atoms with E-state index in [0.29, 0.717) is 17.6 Å². The summed E-state index contributed by atoms with van der Waals surface area (Å²) in [5.41, 5.74) is 6.17. The second-order valence-electron chi connectivity index (χ2n) is 7.26. The zero-order valence-corrected chi connectivity index (χ0v) is 17.0. The maximum Gasteiger partial charge on any atom is 0.250 e. The molecule has 150 valence electrons. The standard InChI is InChI=1S/C12H15N3O.C10H13ClO/c16-12(14-9-4-3-5-9)10-8-13-15-7-2-1-6-11(10)15;1-2-3-4-8-5-6-10(12)9(11)7-8/h1-2,6-7,9,13H,3-5,8H2,(H,14,16);5-7,12H,2-4H2,1H3. The van der Waals surface area contributed by atoms with E-state index in [-0.39, 0.29) is 11.7 Å². The topological polar surface area (TPSA) is 64.6 Å². The second-order valence-corrected chi connectivity index (χ2v) is 7.67. The van der Waals surface area contributed by atoms with Crippen LogP contribution in [-0.4, -0.2) is 28.6 Å². The first-order chi connectivity index (χ1) is 13.6. The van der Waals surface area contributed by atoms with Crippen LogP contribution in [0.1, 0.15) is 44.6 Å². The summed E-state index contributed by atoms with van der Waals surface area (Å²) in [6.07, 6.45) is 14.7. The van der Waals surface area contributed by atoms with Crippen molar-refractivity contribution in [2.75, 3.05) is 6.54 Å². The van der Waals surface area contributed by atoms with Crippen LogP contribution in [0.4, 0.5) is 0 Å². The third-order valence-corrected chi connectivity index (χ3v) is 5.44. The van der Waals surface area contributed by atoms with Gasteiger partial charge in [0.1, 0.15) is 5.75 Å². The first kappa shape index (κ1) is 20.5. The van der Waals surface area contributed by atoms with Gasteiger partial charge in [0.25, 0.3) is 5.91 Å². The maximum atomic E-state index is 12.0. The highest BCUT2D eigenvalue weighted by Gasteiger charge is 2.27. The predicted octanol–water partition coefficient (Wildman–Crippen LogP) is 4.20. The minimum atomic E-state index is 0.0784. The van der Waals surface area contributed by atoms with Gasteiger partial charge in [-0.05, 0) is 62.0 Å². The number of phenols is 1. The zero-order chi connectivity index (χ0) is 19.9. The van der Waals surface area contributed by atoms with Gasteiger partial charge in [-0.1, -0.05) is 37.1 Å². The zero-order valence-electron chi connectivity index (χ0n) is 16.2. The molecular formula is C22H28ClN3O2. The van der Waals surface area contributed by atoms with Crippen LogP contribution < -0.4 is 10.7 Å². The van der Waals surface area contributed by atoms with Gasteiger partial charge in [0.15, 0.2) is 0 Å². The summed E-state index contributed by atoms with van der Waals surface area (Å²) in [5, 5.41) is 14.6. The van der Waals surface area contributed by atoms with Crippen molar-refractivity contribution in [2.24, 2.45) is 0 Å².